The molecule has 0 fully saturated rings. The molecule has 0 saturated carbocycles. The van der Waals surface area contributed by atoms with Crippen LogP contribution in [0.4, 0.5) is 0 Å². The fraction of sp³-hybridized carbons (Fsp3) is 0. The summed E-state index contributed by atoms with van der Waals surface area (Å²) in [6.07, 6.45) is 0. The monoisotopic (exact) mass is 14600 g/mol. The van der Waals surface area contributed by atoms with Gasteiger partial charge in [-0.1, -0.05) is 0 Å². The van der Waals surface area contributed by atoms with Crippen LogP contribution in [0.5, 0.6) is 0 Å². The van der Waals surface area contributed by atoms with Gasteiger partial charge in [-0.15, -0.1) is 0 Å². The van der Waals surface area contributed by atoms with E-state index >= 15 is 0 Å². The summed E-state index contributed by atoms with van der Waals surface area (Å²) in [6, 6.07) is 0. The van der Waals surface area contributed by atoms with Gasteiger partial charge in [-0.2, -0.15) is 0 Å². The molecular weight excluding hydrogens is 14600 g/mol. The van der Waals surface area contributed by atoms with Crippen molar-refractivity contribution in [1.82, 2.24) is 0 Å². The molecule has 0 radical (unpaired) electrons. The van der Waals surface area contributed by atoms with Crippen LogP contribution in [0.15, 0.2) is 0 Å². The molecule has 0 atom stereocenters. The van der Waals surface area contributed by atoms with Crippen molar-refractivity contribution < 1.29 is 13.3 Å². The zero-order chi connectivity index (χ0) is 91.0. The van der Waals surface area contributed by atoms with Gasteiger partial charge < -0.3 is 0 Å². The van der Waals surface area contributed by atoms with Gasteiger partial charge in [0.15, 0.2) is 0 Å². The first-order chi connectivity index (χ1) is 52.4. The molecule has 0 aliphatic rings. The summed E-state index contributed by atoms with van der Waals surface area (Å²) < 4.78 is 0. The predicted molar refractivity (Wildman–Crippen MR) is 1600 cm³/mol. The van der Waals surface area contributed by atoms with E-state index in [1.54, 1.807) is 0 Å². The molecule has 0 N–H and O–H groups in total. The van der Waals surface area contributed by atoms with Crippen LogP contribution < -0.4 is 13.3 Å². The second-order valence-electron chi connectivity index (χ2n) is 9.13. The number of hydrogen-bond acceptors (Lipinski definition) is 0. The van der Waals surface area contributed by atoms with Crippen LogP contribution in [0.1, 0.15) is 0 Å². The van der Waals surface area contributed by atoms with Gasteiger partial charge in [-0.3, -0.25) is 0 Å². The first kappa shape index (κ1) is 199. The third-order valence-electron chi connectivity index (χ3n) is 4.53. The van der Waals surface area contributed by atoms with E-state index in [0.717, 1.165) is 0 Å². The van der Waals surface area contributed by atoms with E-state index in [9.17, 15) is 0 Å². The number of hydrogen-bond donors (Lipinski definition) is 0. The van der Waals surface area contributed by atoms with Crippen LogP contribution in [0.3, 0.4) is 0 Å². The van der Waals surface area contributed by atoms with Crippen LogP contribution in [0.25, 0.3) is 0 Å². The van der Waals surface area contributed by atoms with Gasteiger partial charge in [0.05, 0.1) is 0 Å². The third-order valence-corrected chi connectivity index (χ3v) is 9170. The van der Waals surface area contributed by atoms with Crippen LogP contribution >= 0.6 is 1520 Å². The van der Waals surface area contributed by atoms with Crippen molar-refractivity contribution in [1.29, 1.82) is 0 Å². The second-order valence-corrected chi connectivity index (χ2v) is 2750. The van der Waals surface area contributed by atoms with E-state index in [2.05, 4.69) is 1080 Å². The Balaban J connectivity index is 5.95. The maximum atomic E-state index is 3.50. The Labute approximate surface area is 1440 Å². The van der Waals surface area contributed by atoms with Crippen molar-refractivity contribution >= 4 is 1520 Å². The molecular formula is I115-. The van der Waals surface area contributed by atoms with Gasteiger partial charge in [-0.05, 0) is 0 Å². The molecule has 115 heavy (non-hydrogen) atoms. The van der Waals surface area contributed by atoms with Gasteiger partial charge in [0, 0.05) is 0 Å². The Hall–Kier alpha value is 83.9. The number of rotatable bonds is 56. The summed E-state index contributed by atoms with van der Waals surface area (Å²) in [5.41, 5.74) is 0. The minimum absolute atomic E-state index is 0.426. The van der Waals surface area contributed by atoms with Crippen molar-refractivity contribution in [3.05, 3.63) is 0 Å². The zero-order valence-corrected chi connectivity index (χ0v) is 292. The molecule has 0 aromatic heterocycles. The molecule has 0 unspecified atom stereocenters. The SMILES string of the molecule is I[I-]I(I)I(I)I(I)I(I)I(I)I(I)I(I)I(I)I(I)I(I)I(I)I(I)I(I)I(I)I(I)I(I)I(I)I(I)I(I)I(I)I(I)I(I)I(I)I(I)I(I)I(I)I(I)I(I)I(I)I(I)I(I)I(I)I(I)I(I)I(I)I(I)I(I)I(I)I(I)I(I)I(I)I(I)I(I)I(I)I(I)I(I)I(I)I(I)I(I)I(I)I(I)I(I)I(I)I(I)I(I)I(I)I. The van der Waals surface area contributed by atoms with Gasteiger partial charge in [-0.25, -0.2) is 0 Å². The van der Waals surface area contributed by atoms with E-state index in [-0.39, 0.29) is 0 Å². The quantitative estimate of drug-likeness (QED) is 0.0533. The Morgan fingerprint density at radius 1 is 0.0783 bits per heavy atom. The molecule has 0 nitrogen and oxygen atoms in total. The maximum absolute atomic E-state index is 3.50. The Kier molecular flexibility index (Phi) is 208. The molecule has 0 aromatic rings. The fourth-order valence-electron chi connectivity index (χ4n) is 1.68. The zero-order valence-electron chi connectivity index (χ0n) is 43.5. The summed E-state index contributed by atoms with van der Waals surface area (Å²) >= 11 is 199. The Morgan fingerprint density at radius 2 is 0.130 bits per heavy atom. The third kappa shape index (κ3) is 81.2. The average Bonchev–Trinajstić information content (AvgIpc) is 0.821. The normalized spacial score (nSPS) is 19.2. The van der Waals surface area contributed by atoms with Gasteiger partial charge in [0.25, 0.3) is 0 Å². The fourth-order valence-corrected chi connectivity index (χ4v) is 22800. The van der Waals surface area contributed by atoms with Crippen LogP contribution in [-0.4, -0.2) is 0 Å². The first-order valence-corrected chi connectivity index (χ1v) is 733. The summed E-state index contributed by atoms with van der Waals surface area (Å²) in [5.74, 6) is 0. The average molecular weight is 14600 g/mol. The van der Waals surface area contributed by atoms with Crippen LogP contribution in [0.2, 0.25) is 0 Å². The molecule has 0 rings (SSSR count). The predicted octanol–water partition coefficient (Wildman–Crippen LogP) is 98.0. The van der Waals surface area contributed by atoms with Crippen LogP contribution in [-0.2, 0) is 0 Å². The topological polar surface area (TPSA) is 0 Å². The molecule has 115 heteroatoms. The van der Waals surface area contributed by atoms with Crippen LogP contribution in [0, 0.1) is 0 Å². The van der Waals surface area contributed by atoms with Gasteiger partial charge in [0.1, 0.15) is 0 Å². The first-order valence-electron chi connectivity index (χ1n) is 16.3. The molecule has 0 amide bonds. The molecule has 0 aromatic carbocycles. The Morgan fingerprint density at radius 3 is 0.183 bits per heavy atom. The summed E-state index contributed by atoms with van der Waals surface area (Å²) in [6.45, 7) is 0. The van der Waals surface area contributed by atoms with E-state index in [1.807, 2.05) is 0 Å². The summed E-state index contributed by atoms with van der Waals surface area (Å²) in [5, 5.41) is 0. The van der Waals surface area contributed by atoms with E-state index in [0.29, 0.717) is 13.3 Å². The van der Waals surface area contributed by atoms with Crippen molar-refractivity contribution in [2.45, 2.75) is 0 Å². The summed E-state index contributed by atoms with van der Waals surface area (Å²) in [4.78, 5) is 0. The molecule has 0 bridgehead atoms. The van der Waals surface area contributed by atoms with Crippen molar-refractivity contribution in [2.24, 2.45) is 0 Å². The molecule has 0 heterocycles. The van der Waals surface area contributed by atoms with Crippen molar-refractivity contribution in [3.8, 4) is 0 Å². The summed E-state index contributed by atoms with van der Waals surface area (Å²) in [7, 11) is -34.9. The van der Waals surface area contributed by atoms with E-state index < -0.39 is 442 Å². The molecule has 0 aliphatic heterocycles. The van der Waals surface area contributed by atoms with Gasteiger partial charge in [0.2, 0.25) is 0 Å². The van der Waals surface area contributed by atoms with E-state index in [4.69, 9.17) is 0 Å². The van der Waals surface area contributed by atoms with Gasteiger partial charge >= 0.3 is 1540 Å². The van der Waals surface area contributed by atoms with E-state index in [1.165, 1.54) is 0 Å². The molecule has 0 aliphatic carbocycles. The molecule has 0 spiro atoms. The second kappa shape index (κ2) is 120. The Bertz CT molecular complexity index is 2430. The standard InChI is InChI=1S/I115/c1-59-61(4)63(6)65(8)67(10)69(12)71(14)73(16)75(18)77(20)79(22)81(24)83(26)85(28)87(30)89(32)91(34)93(36)95(38)97(40)99(42)101(44)103(46)105(48)107(50)109(52)111(54)113(56)115(58)114(57)112(55)110(53)108(51)106(49)104(47)102(45)100(43)98(41)96(39)94(37)92(35)90(33)88(31)86(29)84(27)82(25)80(23)78(21)76(19)74(17)72(15)70(13)68(11)66(9)64(7)62(5)60(2)3/q-1. The minimum atomic E-state index is -0.672. The molecule has 806 valence electrons. The van der Waals surface area contributed by atoms with Crippen molar-refractivity contribution in [3.63, 3.8) is 0 Å². The number of halogens is 115. The molecule has 0 saturated heterocycles. The van der Waals surface area contributed by atoms with Crippen molar-refractivity contribution in [2.75, 3.05) is 0 Å².